The molecule has 3 atom stereocenters. The number of halogens is 4. The van der Waals surface area contributed by atoms with Gasteiger partial charge in [0.05, 0.1) is 54.4 Å². The molecule has 410 valence electrons. The van der Waals surface area contributed by atoms with Crippen molar-refractivity contribution in [3.05, 3.63) is 70.4 Å². The third kappa shape index (κ3) is 16.7. The Morgan fingerprint density at radius 3 is 1.51 bits per heavy atom. The number of nitrogens with one attached hydrogen (secondary N) is 1. The number of fused-ring (bicyclic) bond motifs is 3. The quantitative estimate of drug-likeness (QED) is 0.0692. The van der Waals surface area contributed by atoms with Crippen molar-refractivity contribution in [1.29, 1.82) is 0 Å². The zero-order valence-electron chi connectivity index (χ0n) is 44.3. The number of ether oxygens (including phenoxy) is 3. The lowest BCUT2D eigenvalue weighted by atomic mass is 10.0. The third-order valence-corrected chi connectivity index (χ3v) is 14.3. The van der Waals surface area contributed by atoms with Gasteiger partial charge in [0, 0.05) is 70.2 Å². The number of H-pyrrole nitrogens is 1. The number of hydrogen-bond acceptors (Lipinski definition) is 11. The van der Waals surface area contributed by atoms with Crippen LogP contribution in [0.1, 0.15) is 92.4 Å². The summed E-state index contributed by atoms with van der Waals surface area (Å²) in [6, 6.07) is 16.8. The molecular formula is C53H72Cl4N10O8. The molecule has 3 aliphatic rings. The molecular weight excluding hydrogens is 1050 g/mol. The number of imidazole rings is 3. The SMILES string of the molecule is CCCC1CC(=O)N(CO)C1.CCCC1CC(=O)N(Cn2c(Cl)nc3cc(OC)ccc32)C1.CCCC1CC(=O)N(Cn2c(Cl)nc3ccc(OC)cc32)C1.CCN(CC)C(=O)Cl.COc1ccc2nc(Cl)[nH]c2c1. The molecule has 3 unspecified atom stereocenters. The fourth-order valence-corrected chi connectivity index (χ4v) is 10.3. The van der Waals surface area contributed by atoms with Crippen LogP contribution in [-0.2, 0) is 27.7 Å². The summed E-state index contributed by atoms with van der Waals surface area (Å²) in [5, 5.41) is 9.56. The number of aromatic nitrogens is 6. The highest BCUT2D eigenvalue weighted by Crippen LogP contribution is 2.30. The molecule has 6 aromatic rings. The topological polar surface area (TPSA) is 193 Å². The van der Waals surface area contributed by atoms with Crippen LogP contribution in [0.25, 0.3) is 33.1 Å². The van der Waals surface area contributed by atoms with Gasteiger partial charge >= 0.3 is 5.37 Å². The van der Waals surface area contributed by atoms with Gasteiger partial charge < -0.3 is 43.9 Å². The summed E-state index contributed by atoms with van der Waals surface area (Å²) >= 11 is 23.3. The van der Waals surface area contributed by atoms with E-state index in [1.165, 1.54) is 4.90 Å². The summed E-state index contributed by atoms with van der Waals surface area (Å²) < 4.78 is 19.3. The Hall–Kier alpha value is -5.53. The van der Waals surface area contributed by atoms with E-state index in [4.69, 9.17) is 65.7 Å². The Morgan fingerprint density at radius 1 is 0.613 bits per heavy atom. The van der Waals surface area contributed by atoms with Gasteiger partial charge in [0.2, 0.25) is 33.6 Å². The maximum atomic E-state index is 12.2. The Balaban J connectivity index is 0.000000183. The van der Waals surface area contributed by atoms with E-state index in [1.54, 1.807) is 26.2 Å². The second kappa shape index (κ2) is 29.7. The molecule has 9 rings (SSSR count). The van der Waals surface area contributed by atoms with Crippen molar-refractivity contribution < 1.29 is 38.5 Å². The van der Waals surface area contributed by atoms with E-state index in [2.05, 4.69) is 40.7 Å². The van der Waals surface area contributed by atoms with Gasteiger partial charge in [-0.2, -0.15) is 0 Å². The number of likely N-dealkylation sites (tertiary alicyclic amines) is 3. The number of aliphatic hydroxyl groups is 1. The maximum absolute atomic E-state index is 12.2. The molecule has 0 aliphatic carbocycles. The number of carbonyl (C=O) groups is 4. The van der Waals surface area contributed by atoms with Crippen LogP contribution in [0.2, 0.25) is 15.9 Å². The van der Waals surface area contributed by atoms with Crippen molar-refractivity contribution in [1.82, 2.24) is 48.7 Å². The highest BCUT2D eigenvalue weighted by molar-refractivity contribution is 6.62. The lowest BCUT2D eigenvalue weighted by Gasteiger charge is -2.18. The van der Waals surface area contributed by atoms with E-state index >= 15 is 0 Å². The van der Waals surface area contributed by atoms with E-state index in [0.29, 0.717) is 79.3 Å². The van der Waals surface area contributed by atoms with E-state index in [0.717, 1.165) is 109 Å². The predicted molar refractivity (Wildman–Crippen MR) is 296 cm³/mol. The number of hydrogen-bond donors (Lipinski definition) is 2. The predicted octanol–water partition coefficient (Wildman–Crippen LogP) is 11.1. The van der Waals surface area contributed by atoms with Crippen LogP contribution in [0.15, 0.2) is 54.6 Å². The van der Waals surface area contributed by atoms with E-state index < -0.39 is 0 Å². The van der Waals surface area contributed by atoms with Gasteiger partial charge in [-0.3, -0.25) is 28.3 Å². The number of nitrogens with zero attached hydrogens (tertiary/aromatic N) is 9. The standard InChI is InChI=1S/2C16H20ClN3O2.C8H7ClN2O.C8H15NO2.C5H10ClNO/c1-3-4-11-7-15(21)19(9-11)10-20-14-6-5-12(22-2)8-13(14)18-16(20)17;1-3-4-11-7-15(21)19(9-11)10-20-14-8-12(22-2)5-6-13(14)18-16(20)17;1-12-5-2-3-6-7(4-5)11-8(9)10-6;1-2-3-7-4-8(11)9(5-7)6-10;1-3-7(4-2)5(6)8/h2*5-6,8,11H,3-4,7,9-10H2,1-2H3;2-4H,1H3,(H,10,11);7,10H,2-6H2,1H3;3-4H2,1-2H3. The average molecular weight is 1120 g/mol. The van der Waals surface area contributed by atoms with Gasteiger partial charge in [0.15, 0.2) is 0 Å². The molecule has 3 aliphatic heterocycles. The maximum Gasteiger partial charge on any atom is 0.316 e. The molecule has 22 heteroatoms. The van der Waals surface area contributed by atoms with Gasteiger partial charge in [0.25, 0.3) is 0 Å². The molecule has 0 bridgehead atoms. The first-order valence-corrected chi connectivity index (χ1v) is 27.0. The average Bonchev–Trinajstić information content (AvgIpc) is 4.25. The zero-order valence-corrected chi connectivity index (χ0v) is 47.3. The summed E-state index contributed by atoms with van der Waals surface area (Å²) in [5.74, 6) is 4.19. The number of rotatable bonds is 16. The van der Waals surface area contributed by atoms with Crippen LogP contribution in [0.4, 0.5) is 4.79 Å². The lowest BCUT2D eigenvalue weighted by molar-refractivity contribution is -0.131. The molecule has 4 amide bonds. The number of methoxy groups -OCH3 is 3. The second-order valence-electron chi connectivity index (χ2n) is 18.5. The van der Waals surface area contributed by atoms with Crippen molar-refractivity contribution in [3.8, 4) is 17.2 Å². The number of aromatic amines is 1. The third-order valence-electron chi connectivity index (χ3n) is 13.3. The molecule has 75 heavy (non-hydrogen) atoms. The van der Waals surface area contributed by atoms with Crippen molar-refractivity contribution in [2.75, 3.05) is 60.8 Å². The minimum absolute atomic E-state index is 0.103. The number of aliphatic hydroxyl groups excluding tert-OH is 1. The summed E-state index contributed by atoms with van der Waals surface area (Å²) in [6.45, 7) is 14.7. The summed E-state index contributed by atoms with van der Waals surface area (Å²) in [5.41, 5.74) is 5.12. The normalized spacial score (nSPS) is 17.1. The zero-order chi connectivity index (χ0) is 54.8. The van der Waals surface area contributed by atoms with Gasteiger partial charge in [-0.15, -0.1) is 0 Å². The van der Waals surface area contributed by atoms with Crippen molar-refractivity contribution in [2.24, 2.45) is 17.8 Å². The van der Waals surface area contributed by atoms with E-state index in [-0.39, 0.29) is 29.8 Å². The van der Waals surface area contributed by atoms with Gasteiger partial charge in [-0.25, -0.2) is 15.0 Å². The Labute approximate surface area is 459 Å². The van der Waals surface area contributed by atoms with Crippen LogP contribution in [-0.4, -0.2) is 138 Å². The number of amides is 4. The molecule has 0 saturated carbocycles. The van der Waals surface area contributed by atoms with E-state index in [1.807, 2.05) is 87.4 Å². The lowest BCUT2D eigenvalue weighted by Crippen LogP contribution is -2.28. The molecule has 2 N–H and O–H groups in total. The minimum atomic E-state index is -0.366. The minimum Gasteiger partial charge on any atom is -0.497 e. The Kier molecular flexibility index (Phi) is 23.9. The van der Waals surface area contributed by atoms with E-state index in [9.17, 15) is 19.2 Å². The van der Waals surface area contributed by atoms with Crippen molar-refractivity contribution >= 4 is 103 Å². The van der Waals surface area contributed by atoms with Crippen molar-refractivity contribution in [2.45, 2.75) is 106 Å². The van der Waals surface area contributed by atoms with Crippen molar-refractivity contribution in [3.63, 3.8) is 0 Å². The molecule has 18 nitrogen and oxygen atoms in total. The van der Waals surface area contributed by atoms with Crippen LogP contribution >= 0.6 is 46.4 Å². The fourth-order valence-electron chi connectivity index (χ4n) is 9.35. The summed E-state index contributed by atoms with van der Waals surface area (Å²) in [6.07, 6.45) is 8.55. The van der Waals surface area contributed by atoms with Gasteiger partial charge in [0.1, 0.15) is 37.3 Å². The first-order chi connectivity index (χ1) is 36.0. The van der Waals surface area contributed by atoms with Gasteiger partial charge in [-0.1, -0.05) is 40.0 Å². The molecule has 3 aromatic carbocycles. The smallest absolute Gasteiger partial charge is 0.316 e. The Bertz CT molecular complexity index is 2820. The first-order valence-electron chi connectivity index (χ1n) is 25.5. The largest absolute Gasteiger partial charge is 0.497 e. The highest BCUT2D eigenvalue weighted by atomic mass is 35.5. The van der Waals surface area contributed by atoms with Crippen LogP contribution in [0, 0.1) is 17.8 Å². The second-order valence-corrected chi connectivity index (χ2v) is 19.9. The molecule has 3 fully saturated rings. The van der Waals surface area contributed by atoms with Crippen LogP contribution in [0.5, 0.6) is 17.2 Å². The van der Waals surface area contributed by atoms with Crippen LogP contribution < -0.4 is 14.2 Å². The molecule has 3 saturated heterocycles. The highest BCUT2D eigenvalue weighted by Gasteiger charge is 2.31. The fraction of sp³-hybridized carbons (Fsp3) is 0.528. The molecule has 6 heterocycles. The molecule has 0 radical (unpaired) electrons. The first kappa shape index (κ1) is 60.3. The van der Waals surface area contributed by atoms with Gasteiger partial charge in [-0.05, 0) is 134 Å². The summed E-state index contributed by atoms with van der Waals surface area (Å²) in [4.78, 5) is 68.1. The monoisotopic (exact) mass is 1120 g/mol. The van der Waals surface area contributed by atoms with Crippen LogP contribution in [0.3, 0.4) is 0 Å². The molecule has 0 spiro atoms. The summed E-state index contributed by atoms with van der Waals surface area (Å²) in [7, 11) is 4.87. The molecule has 3 aromatic heterocycles. The number of benzene rings is 3. The Morgan fingerprint density at radius 2 is 1.05 bits per heavy atom. The number of carbonyl (C=O) groups excluding carboxylic acids is 4.